The first-order valence-electron chi connectivity index (χ1n) is 10.0. The number of amides is 2. The SMILES string of the molecule is Cc1ncsc1-c1ccc(C(C)NC(=O)C2CC(O)CN2C(=O)OC(C)(C)C)cc1. The van der Waals surface area contributed by atoms with Crippen molar-refractivity contribution in [3.8, 4) is 10.4 Å². The van der Waals surface area contributed by atoms with Gasteiger partial charge in [0, 0.05) is 6.42 Å². The van der Waals surface area contributed by atoms with Crippen molar-refractivity contribution >= 4 is 23.3 Å². The third kappa shape index (κ3) is 5.17. The van der Waals surface area contributed by atoms with E-state index in [0.29, 0.717) is 0 Å². The highest BCUT2D eigenvalue weighted by molar-refractivity contribution is 7.13. The Labute approximate surface area is 181 Å². The van der Waals surface area contributed by atoms with Crippen LogP contribution < -0.4 is 5.32 Å². The van der Waals surface area contributed by atoms with E-state index in [2.05, 4.69) is 10.3 Å². The first-order chi connectivity index (χ1) is 14.0. The fraction of sp³-hybridized carbons (Fsp3) is 0.500. The highest BCUT2D eigenvalue weighted by atomic mass is 32.1. The number of hydrogen-bond acceptors (Lipinski definition) is 6. The van der Waals surface area contributed by atoms with E-state index in [0.717, 1.165) is 21.7 Å². The summed E-state index contributed by atoms with van der Waals surface area (Å²) in [4.78, 5) is 32.1. The summed E-state index contributed by atoms with van der Waals surface area (Å²) < 4.78 is 5.39. The van der Waals surface area contributed by atoms with E-state index in [9.17, 15) is 14.7 Å². The quantitative estimate of drug-likeness (QED) is 0.771. The van der Waals surface area contributed by atoms with Gasteiger partial charge in [-0.2, -0.15) is 0 Å². The van der Waals surface area contributed by atoms with Crippen molar-refractivity contribution in [2.45, 2.75) is 64.8 Å². The minimum atomic E-state index is -0.753. The van der Waals surface area contributed by atoms with E-state index in [4.69, 9.17) is 4.74 Å². The topological polar surface area (TPSA) is 91.8 Å². The number of nitrogens with one attached hydrogen (secondary N) is 1. The van der Waals surface area contributed by atoms with Gasteiger partial charge in [-0.25, -0.2) is 9.78 Å². The second-order valence-electron chi connectivity index (χ2n) is 8.66. The molecule has 1 aliphatic heterocycles. The van der Waals surface area contributed by atoms with Gasteiger partial charge >= 0.3 is 6.09 Å². The zero-order chi connectivity index (χ0) is 22.1. The Bertz CT molecular complexity index is 904. The van der Waals surface area contributed by atoms with Gasteiger partial charge < -0.3 is 15.2 Å². The van der Waals surface area contributed by atoms with Crippen LogP contribution in [0, 0.1) is 6.92 Å². The molecule has 3 atom stereocenters. The molecule has 1 aromatic carbocycles. The number of likely N-dealkylation sites (tertiary alicyclic amines) is 1. The summed E-state index contributed by atoms with van der Waals surface area (Å²) in [7, 11) is 0. The number of ether oxygens (including phenoxy) is 1. The van der Waals surface area contributed by atoms with Crippen LogP contribution in [-0.4, -0.2) is 51.3 Å². The van der Waals surface area contributed by atoms with E-state index in [1.807, 2.05) is 43.6 Å². The van der Waals surface area contributed by atoms with Gasteiger partial charge in [0.1, 0.15) is 11.6 Å². The molecular formula is C22H29N3O4S. The van der Waals surface area contributed by atoms with Crippen molar-refractivity contribution in [3.63, 3.8) is 0 Å². The first-order valence-corrected chi connectivity index (χ1v) is 10.9. The highest BCUT2D eigenvalue weighted by Gasteiger charge is 2.41. The molecule has 0 radical (unpaired) electrons. The molecule has 162 valence electrons. The number of hydrogen-bond donors (Lipinski definition) is 2. The van der Waals surface area contributed by atoms with Gasteiger partial charge in [0.15, 0.2) is 0 Å². The van der Waals surface area contributed by atoms with Crippen molar-refractivity contribution in [1.82, 2.24) is 15.2 Å². The van der Waals surface area contributed by atoms with Gasteiger partial charge in [0.2, 0.25) is 5.91 Å². The number of β-amino-alcohol motifs (C(OH)–C–C–N with tert-alkyl or cyclic N) is 1. The molecule has 2 N–H and O–H groups in total. The van der Waals surface area contributed by atoms with Gasteiger partial charge in [-0.05, 0) is 45.7 Å². The van der Waals surface area contributed by atoms with Gasteiger partial charge in [0.05, 0.1) is 34.8 Å². The van der Waals surface area contributed by atoms with Crippen molar-refractivity contribution in [2.75, 3.05) is 6.54 Å². The monoisotopic (exact) mass is 431 g/mol. The summed E-state index contributed by atoms with van der Waals surface area (Å²) in [6.07, 6.45) is -1.14. The van der Waals surface area contributed by atoms with Gasteiger partial charge in [-0.3, -0.25) is 9.69 Å². The van der Waals surface area contributed by atoms with E-state index in [-0.39, 0.29) is 24.9 Å². The number of aliphatic hydroxyl groups is 1. The third-order valence-corrected chi connectivity index (χ3v) is 5.96. The fourth-order valence-corrected chi connectivity index (χ4v) is 4.29. The van der Waals surface area contributed by atoms with Crippen LogP contribution >= 0.6 is 11.3 Å². The lowest BCUT2D eigenvalue weighted by Gasteiger charge is -2.28. The number of aromatic nitrogens is 1. The Morgan fingerprint density at radius 2 is 1.97 bits per heavy atom. The first kappa shape index (κ1) is 22.2. The molecule has 0 spiro atoms. The fourth-order valence-electron chi connectivity index (χ4n) is 3.48. The van der Waals surface area contributed by atoms with Crippen LogP contribution in [0.25, 0.3) is 10.4 Å². The van der Waals surface area contributed by atoms with Crippen LogP contribution in [0.4, 0.5) is 4.79 Å². The smallest absolute Gasteiger partial charge is 0.411 e. The second-order valence-corrected chi connectivity index (χ2v) is 9.51. The van der Waals surface area contributed by atoms with Crippen LogP contribution in [0.15, 0.2) is 29.8 Å². The van der Waals surface area contributed by atoms with Gasteiger partial charge in [-0.15, -0.1) is 11.3 Å². The van der Waals surface area contributed by atoms with Gasteiger partial charge in [-0.1, -0.05) is 24.3 Å². The van der Waals surface area contributed by atoms with E-state index < -0.39 is 23.8 Å². The van der Waals surface area contributed by atoms with Crippen LogP contribution in [-0.2, 0) is 9.53 Å². The number of aryl methyl sites for hydroxylation is 1. The average Bonchev–Trinajstić information content (AvgIpc) is 3.26. The molecule has 30 heavy (non-hydrogen) atoms. The minimum absolute atomic E-state index is 0.0876. The molecule has 0 bridgehead atoms. The Morgan fingerprint density at radius 3 is 2.53 bits per heavy atom. The predicted molar refractivity (Wildman–Crippen MR) is 116 cm³/mol. The van der Waals surface area contributed by atoms with Crippen LogP contribution in [0.3, 0.4) is 0 Å². The number of carbonyl (C=O) groups is 2. The molecule has 0 aliphatic carbocycles. The van der Waals surface area contributed by atoms with Crippen LogP contribution in [0.5, 0.6) is 0 Å². The Morgan fingerprint density at radius 1 is 1.30 bits per heavy atom. The van der Waals surface area contributed by atoms with E-state index >= 15 is 0 Å². The van der Waals surface area contributed by atoms with Crippen molar-refractivity contribution < 1.29 is 19.4 Å². The molecule has 3 unspecified atom stereocenters. The van der Waals surface area contributed by atoms with Crippen LogP contribution in [0.1, 0.15) is 51.4 Å². The summed E-state index contributed by atoms with van der Waals surface area (Å²) in [5.74, 6) is -0.299. The van der Waals surface area contributed by atoms with E-state index in [1.165, 1.54) is 4.90 Å². The summed E-state index contributed by atoms with van der Waals surface area (Å²) in [5.41, 5.74) is 4.20. The summed E-state index contributed by atoms with van der Waals surface area (Å²) in [6, 6.07) is 7.00. The number of rotatable bonds is 4. The zero-order valence-electron chi connectivity index (χ0n) is 18.0. The lowest BCUT2D eigenvalue weighted by Crippen LogP contribution is -2.48. The second kappa shape index (κ2) is 8.73. The third-order valence-electron chi connectivity index (χ3n) is 4.99. The number of thiazole rings is 1. The summed E-state index contributed by atoms with van der Waals surface area (Å²) in [6.45, 7) is 9.28. The molecule has 3 rings (SSSR count). The number of carbonyl (C=O) groups excluding carboxylic acids is 2. The lowest BCUT2D eigenvalue weighted by atomic mass is 10.0. The maximum Gasteiger partial charge on any atom is 0.411 e. The van der Waals surface area contributed by atoms with Crippen LogP contribution in [0.2, 0.25) is 0 Å². The normalized spacial score (nSPS) is 20.1. The molecule has 2 heterocycles. The number of benzene rings is 1. The van der Waals surface area contributed by atoms with Crippen molar-refractivity contribution in [1.29, 1.82) is 0 Å². The predicted octanol–water partition coefficient (Wildman–Crippen LogP) is 3.67. The average molecular weight is 432 g/mol. The molecule has 1 aromatic heterocycles. The molecule has 2 aromatic rings. The van der Waals surface area contributed by atoms with Crippen molar-refractivity contribution in [2.24, 2.45) is 0 Å². The summed E-state index contributed by atoms with van der Waals surface area (Å²) >= 11 is 1.60. The van der Waals surface area contributed by atoms with Crippen molar-refractivity contribution in [3.05, 3.63) is 41.0 Å². The number of nitrogens with zero attached hydrogens (tertiary/aromatic N) is 2. The lowest BCUT2D eigenvalue weighted by molar-refractivity contribution is -0.126. The highest BCUT2D eigenvalue weighted by Crippen LogP contribution is 2.28. The van der Waals surface area contributed by atoms with Gasteiger partial charge in [0.25, 0.3) is 0 Å². The maximum atomic E-state index is 12.9. The molecule has 8 heteroatoms. The Hall–Kier alpha value is -2.45. The largest absolute Gasteiger partial charge is 0.444 e. The zero-order valence-corrected chi connectivity index (χ0v) is 18.8. The molecule has 1 fully saturated rings. The molecule has 1 aliphatic rings. The maximum absolute atomic E-state index is 12.9. The Kier molecular flexibility index (Phi) is 6.47. The number of aliphatic hydroxyl groups excluding tert-OH is 1. The minimum Gasteiger partial charge on any atom is -0.444 e. The molecule has 2 amide bonds. The standard InChI is InChI=1S/C22H29N3O4S/c1-13(15-6-8-16(9-7-15)19-14(2)23-12-30-19)24-20(27)18-10-17(26)11-25(18)21(28)29-22(3,4)5/h6-9,12-13,17-18,26H,10-11H2,1-5H3,(H,24,27). The molecule has 1 saturated heterocycles. The Balaban J connectivity index is 1.66. The molecular weight excluding hydrogens is 402 g/mol. The summed E-state index contributed by atoms with van der Waals surface area (Å²) in [5, 5.41) is 13.0. The molecule has 0 saturated carbocycles. The molecule has 7 nitrogen and oxygen atoms in total. The van der Waals surface area contributed by atoms with E-state index in [1.54, 1.807) is 32.1 Å².